The van der Waals surface area contributed by atoms with E-state index in [-0.39, 0.29) is 17.4 Å². The van der Waals surface area contributed by atoms with Crippen LogP contribution in [0.15, 0.2) is 30.3 Å². The standard InChI is InChI=1S/C11H10N6O/c12-9-5-8(16-17-9)10(18)15-11-13-6-3-1-2-4-7(6)14-11/h1-5H,(H3,12,16,17)(H2,13,14,15,18). The number of carbonyl (C=O) groups is 1. The molecular weight excluding hydrogens is 232 g/mol. The molecule has 1 amide bonds. The van der Waals surface area contributed by atoms with Crippen LogP contribution in [0.2, 0.25) is 0 Å². The summed E-state index contributed by atoms with van der Waals surface area (Å²) >= 11 is 0. The van der Waals surface area contributed by atoms with Crippen LogP contribution in [0.4, 0.5) is 11.8 Å². The van der Waals surface area contributed by atoms with E-state index in [1.807, 2.05) is 24.3 Å². The number of nitrogens with one attached hydrogen (secondary N) is 3. The van der Waals surface area contributed by atoms with Gasteiger partial charge < -0.3 is 10.7 Å². The number of amides is 1. The van der Waals surface area contributed by atoms with Crippen molar-refractivity contribution in [2.24, 2.45) is 0 Å². The lowest BCUT2D eigenvalue weighted by Gasteiger charge is -1.97. The Morgan fingerprint density at radius 2 is 2.17 bits per heavy atom. The number of benzene rings is 1. The largest absolute Gasteiger partial charge is 0.382 e. The highest BCUT2D eigenvalue weighted by Crippen LogP contribution is 2.14. The van der Waals surface area contributed by atoms with Crippen molar-refractivity contribution >= 4 is 28.7 Å². The van der Waals surface area contributed by atoms with Gasteiger partial charge in [-0.2, -0.15) is 5.10 Å². The summed E-state index contributed by atoms with van der Waals surface area (Å²) < 4.78 is 0. The zero-order chi connectivity index (χ0) is 12.5. The fourth-order valence-electron chi connectivity index (χ4n) is 1.64. The highest BCUT2D eigenvalue weighted by Gasteiger charge is 2.11. The molecule has 0 atom stereocenters. The number of imidazole rings is 1. The molecule has 1 aromatic carbocycles. The minimum Gasteiger partial charge on any atom is -0.382 e. The van der Waals surface area contributed by atoms with Crippen LogP contribution in [-0.2, 0) is 0 Å². The second-order valence-corrected chi connectivity index (χ2v) is 3.76. The van der Waals surface area contributed by atoms with E-state index in [9.17, 15) is 4.79 Å². The number of nitrogens with zero attached hydrogens (tertiary/aromatic N) is 2. The molecule has 0 spiro atoms. The third-order valence-electron chi connectivity index (χ3n) is 2.46. The van der Waals surface area contributed by atoms with E-state index in [0.717, 1.165) is 11.0 Å². The number of para-hydroxylation sites is 2. The van der Waals surface area contributed by atoms with Crippen molar-refractivity contribution in [1.82, 2.24) is 20.2 Å². The second-order valence-electron chi connectivity index (χ2n) is 3.76. The number of nitrogens with two attached hydrogens (primary N) is 1. The maximum Gasteiger partial charge on any atom is 0.276 e. The fourth-order valence-corrected chi connectivity index (χ4v) is 1.64. The summed E-state index contributed by atoms with van der Waals surface area (Å²) in [6.07, 6.45) is 0. The molecule has 0 saturated heterocycles. The van der Waals surface area contributed by atoms with E-state index in [1.165, 1.54) is 6.07 Å². The van der Waals surface area contributed by atoms with E-state index in [0.29, 0.717) is 5.95 Å². The number of rotatable bonds is 2. The van der Waals surface area contributed by atoms with Crippen LogP contribution < -0.4 is 11.1 Å². The molecule has 0 unspecified atom stereocenters. The van der Waals surface area contributed by atoms with Gasteiger partial charge in [0.15, 0.2) is 0 Å². The molecule has 0 aliphatic carbocycles. The molecule has 0 aliphatic rings. The molecule has 0 saturated carbocycles. The Balaban J connectivity index is 1.86. The first-order valence-corrected chi connectivity index (χ1v) is 5.29. The van der Waals surface area contributed by atoms with Gasteiger partial charge in [0, 0.05) is 6.07 Å². The van der Waals surface area contributed by atoms with Crippen LogP contribution >= 0.6 is 0 Å². The number of carbonyl (C=O) groups excluding carboxylic acids is 1. The van der Waals surface area contributed by atoms with Gasteiger partial charge in [-0.25, -0.2) is 4.98 Å². The number of aromatic nitrogens is 4. The topological polar surface area (TPSA) is 112 Å². The van der Waals surface area contributed by atoms with Gasteiger partial charge in [0.1, 0.15) is 11.5 Å². The summed E-state index contributed by atoms with van der Waals surface area (Å²) in [6.45, 7) is 0. The van der Waals surface area contributed by atoms with Gasteiger partial charge in [-0.3, -0.25) is 15.2 Å². The van der Waals surface area contributed by atoms with E-state index in [2.05, 4.69) is 25.5 Å². The summed E-state index contributed by atoms with van der Waals surface area (Å²) in [4.78, 5) is 19.0. The fraction of sp³-hybridized carbons (Fsp3) is 0. The van der Waals surface area contributed by atoms with Crippen molar-refractivity contribution in [3.8, 4) is 0 Å². The molecule has 0 fully saturated rings. The van der Waals surface area contributed by atoms with Crippen molar-refractivity contribution in [1.29, 1.82) is 0 Å². The van der Waals surface area contributed by atoms with Crippen LogP contribution in [0.3, 0.4) is 0 Å². The van der Waals surface area contributed by atoms with Crippen LogP contribution in [0, 0.1) is 0 Å². The molecule has 5 N–H and O–H groups in total. The van der Waals surface area contributed by atoms with Crippen LogP contribution in [0.25, 0.3) is 11.0 Å². The Kier molecular flexibility index (Phi) is 2.23. The number of hydrogen-bond acceptors (Lipinski definition) is 4. The van der Waals surface area contributed by atoms with Gasteiger partial charge >= 0.3 is 0 Å². The summed E-state index contributed by atoms with van der Waals surface area (Å²) in [6, 6.07) is 8.96. The van der Waals surface area contributed by atoms with Gasteiger partial charge in [0.25, 0.3) is 5.91 Å². The Morgan fingerprint density at radius 3 is 2.89 bits per heavy atom. The lowest BCUT2D eigenvalue weighted by molar-refractivity contribution is 0.102. The van der Waals surface area contributed by atoms with Crippen molar-refractivity contribution in [3.05, 3.63) is 36.0 Å². The lowest BCUT2D eigenvalue weighted by Crippen LogP contribution is -2.13. The maximum atomic E-state index is 11.8. The van der Waals surface area contributed by atoms with Crippen LogP contribution in [-0.4, -0.2) is 26.1 Å². The molecule has 90 valence electrons. The molecule has 2 heterocycles. The molecule has 0 bridgehead atoms. The predicted molar refractivity (Wildman–Crippen MR) is 67.0 cm³/mol. The normalized spacial score (nSPS) is 10.7. The van der Waals surface area contributed by atoms with Crippen LogP contribution in [0.1, 0.15) is 10.5 Å². The molecule has 0 aliphatic heterocycles. The van der Waals surface area contributed by atoms with E-state index in [4.69, 9.17) is 5.73 Å². The zero-order valence-corrected chi connectivity index (χ0v) is 9.27. The van der Waals surface area contributed by atoms with Gasteiger partial charge in [-0.1, -0.05) is 12.1 Å². The van der Waals surface area contributed by atoms with Crippen molar-refractivity contribution < 1.29 is 4.79 Å². The minimum absolute atomic E-state index is 0.268. The van der Waals surface area contributed by atoms with Crippen molar-refractivity contribution in [2.45, 2.75) is 0 Å². The molecule has 7 nitrogen and oxygen atoms in total. The predicted octanol–water partition coefficient (Wildman–Crippen LogP) is 1.12. The highest BCUT2D eigenvalue weighted by atomic mass is 16.2. The number of H-pyrrole nitrogens is 2. The molecule has 2 aromatic heterocycles. The quantitative estimate of drug-likeness (QED) is 0.539. The van der Waals surface area contributed by atoms with E-state index in [1.54, 1.807) is 0 Å². The average molecular weight is 242 g/mol. The third kappa shape index (κ3) is 1.77. The monoisotopic (exact) mass is 242 g/mol. The number of anilines is 2. The SMILES string of the molecule is Nc1cc(C(=O)Nc2nc3ccccc3[nH]2)[nH]n1. The third-order valence-corrected chi connectivity index (χ3v) is 2.46. The molecular formula is C11H10N6O. The number of aromatic amines is 2. The van der Waals surface area contributed by atoms with E-state index >= 15 is 0 Å². The highest BCUT2D eigenvalue weighted by molar-refractivity contribution is 6.02. The Morgan fingerprint density at radius 1 is 1.33 bits per heavy atom. The number of hydrogen-bond donors (Lipinski definition) is 4. The first kappa shape index (κ1) is 10.3. The Labute approximate surface area is 101 Å². The van der Waals surface area contributed by atoms with Gasteiger partial charge in [-0.15, -0.1) is 0 Å². The molecule has 3 rings (SSSR count). The molecule has 3 aromatic rings. The first-order valence-electron chi connectivity index (χ1n) is 5.29. The maximum absolute atomic E-state index is 11.8. The summed E-state index contributed by atoms with van der Waals surface area (Å²) in [7, 11) is 0. The minimum atomic E-state index is -0.349. The zero-order valence-electron chi connectivity index (χ0n) is 9.27. The first-order chi connectivity index (χ1) is 8.72. The summed E-state index contributed by atoms with van der Waals surface area (Å²) in [5, 5.41) is 8.84. The second kappa shape index (κ2) is 3.88. The average Bonchev–Trinajstić information content (AvgIpc) is 2.94. The van der Waals surface area contributed by atoms with Crippen molar-refractivity contribution in [2.75, 3.05) is 11.1 Å². The number of nitrogen functional groups attached to an aromatic ring is 1. The Bertz CT molecular complexity index is 680. The van der Waals surface area contributed by atoms with Gasteiger partial charge in [0.2, 0.25) is 5.95 Å². The lowest BCUT2D eigenvalue weighted by atomic mass is 10.3. The molecule has 7 heteroatoms. The summed E-state index contributed by atoms with van der Waals surface area (Å²) in [5.74, 6) is 0.303. The molecule has 0 radical (unpaired) electrons. The Hall–Kier alpha value is -2.83. The smallest absolute Gasteiger partial charge is 0.276 e. The van der Waals surface area contributed by atoms with Crippen LogP contribution in [0.5, 0.6) is 0 Å². The van der Waals surface area contributed by atoms with Crippen molar-refractivity contribution in [3.63, 3.8) is 0 Å². The summed E-state index contributed by atoms with van der Waals surface area (Å²) in [5.41, 5.74) is 7.36. The van der Waals surface area contributed by atoms with Gasteiger partial charge in [0.05, 0.1) is 11.0 Å². The molecule has 18 heavy (non-hydrogen) atoms. The van der Waals surface area contributed by atoms with E-state index < -0.39 is 0 Å². The van der Waals surface area contributed by atoms with Gasteiger partial charge in [-0.05, 0) is 12.1 Å². The number of fused-ring (bicyclic) bond motifs is 1.